The molecule has 15 heavy (non-hydrogen) atoms. The molecular weight excluding hydrogens is 256 g/mol. The number of rotatable bonds is 3. The lowest BCUT2D eigenvalue weighted by molar-refractivity contribution is 0.215. The first-order valence-electron chi connectivity index (χ1n) is 4.03. The Morgan fingerprint density at radius 2 is 2.07 bits per heavy atom. The lowest BCUT2D eigenvalue weighted by Crippen LogP contribution is -1.81. The van der Waals surface area contributed by atoms with Crippen LogP contribution in [0.25, 0.3) is 6.08 Å². The van der Waals surface area contributed by atoms with E-state index >= 15 is 0 Å². The fourth-order valence-corrected chi connectivity index (χ4v) is 1.34. The third-order valence-electron chi connectivity index (χ3n) is 1.54. The SMILES string of the molecule is CO/N=C(Cl)/C=C/c1ccc(Cl)c(Cl)c1. The molecule has 0 saturated carbocycles. The molecule has 0 radical (unpaired) electrons. The number of halogens is 3. The first-order valence-corrected chi connectivity index (χ1v) is 5.16. The molecule has 0 aliphatic carbocycles. The highest BCUT2D eigenvalue weighted by atomic mass is 35.5. The first kappa shape index (κ1) is 12.4. The molecule has 0 aliphatic heterocycles. The van der Waals surface area contributed by atoms with E-state index in [1.54, 1.807) is 24.3 Å². The molecule has 0 aliphatic rings. The van der Waals surface area contributed by atoms with Crippen LogP contribution in [0.4, 0.5) is 0 Å². The Morgan fingerprint density at radius 3 is 2.67 bits per heavy atom. The number of oxime groups is 1. The number of hydrogen-bond donors (Lipinski definition) is 0. The largest absolute Gasteiger partial charge is 0.398 e. The Labute approximate surface area is 103 Å². The lowest BCUT2D eigenvalue weighted by atomic mass is 10.2. The molecule has 0 aromatic heterocycles. The molecule has 0 spiro atoms. The fourth-order valence-electron chi connectivity index (χ4n) is 0.899. The molecule has 0 saturated heterocycles. The van der Waals surface area contributed by atoms with E-state index in [1.165, 1.54) is 7.11 Å². The summed E-state index contributed by atoms with van der Waals surface area (Å²) in [6.07, 6.45) is 3.36. The van der Waals surface area contributed by atoms with Gasteiger partial charge in [-0.3, -0.25) is 0 Å². The van der Waals surface area contributed by atoms with Crippen LogP contribution in [-0.4, -0.2) is 12.3 Å². The van der Waals surface area contributed by atoms with Gasteiger partial charge in [0.15, 0.2) is 5.17 Å². The van der Waals surface area contributed by atoms with Gasteiger partial charge in [0.2, 0.25) is 0 Å². The van der Waals surface area contributed by atoms with Crippen molar-refractivity contribution in [2.45, 2.75) is 0 Å². The predicted octanol–water partition coefficient (Wildman–Crippen LogP) is 4.21. The van der Waals surface area contributed by atoms with Crippen LogP contribution in [-0.2, 0) is 4.84 Å². The Bertz CT molecular complexity index is 402. The normalized spacial score (nSPS) is 12.1. The summed E-state index contributed by atoms with van der Waals surface area (Å²) in [5.41, 5.74) is 0.883. The average Bonchev–Trinajstić information content (AvgIpc) is 2.20. The van der Waals surface area contributed by atoms with Gasteiger partial charge in [0.05, 0.1) is 10.0 Å². The van der Waals surface area contributed by atoms with E-state index in [0.717, 1.165) is 5.56 Å². The van der Waals surface area contributed by atoms with Gasteiger partial charge < -0.3 is 4.84 Å². The van der Waals surface area contributed by atoms with Crippen molar-refractivity contribution in [1.29, 1.82) is 0 Å². The summed E-state index contributed by atoms with van der Waals surface area (Å²) in [4.78, 5) is 4.49. The molecule has 0 heterocycles. The Balaban J connectivity index is 2.81. The number of nitrogens with zero attached hydrogens (tertiary/aromatic N) is 1. The molecule has 2 nitrogen and oxygen atoms in total. The molecule has 0 unspecified atom stereocenters. The van der Waals surface area contributed by atoms with Crippen molar-refractivity contribution >= 4 is 46.0 Å². The second kappa shape index (κ2) is 6.01. The minimum Gasteiger partial charge on any atom is -0.398 e. The molecule has 80 valence electrons. The Kier molecular flexibility index (Phi) is 4.95. The van der Waals surface area contributed by atoms with Crippen molar-refractivity contribution in [3.8, 4) is 0 Å². The zero-order valence-corrected chi connectivity index (χ0v) is 10.1. The summed E-state index contributed by atoms with van der Waals surface area (Å²) in [5, 5.41) is 4.79. The molecule has 0 fully saturated rings. The highest BCUT2D eigenvalue weighted by molar-refractivity contribution is 6.68. The van der Waals surface area contributed by atoms with Crippen molar-refractivity contribution in [2.75, 3.05) is 7.11 Å². The van der Waals surface area contributed by atoms with E-state index in [2.05, 4.69) is 9.99 Å². The second-order valence-electron chi connectivity index (χ2n) is 2.60. The molecule has 5 heteroatoms. The molecule has 0 atom stereocenters. The van der Waals surface area contributed by atoms with Gasteiger partial charge in [-0.25, -0.2) is 0 Å². The molecule has 0 N–H and O–H groups in total. The third-order valence-corrected chi connectivity index (χ3v) is 2.47. The van der Waals surface area contributed by atoms with Crippen LogP contribution in [0, 0.1) is 0 Å². The Hall–Kier alpha value is -0.700. The zero-order valence-electron chi connectivity index (χ0n) is 7.88. The third kappa shape index (κ3) is 4.12. The summed E-state index contributed by atoms with van der Waals surface area (Å²) < 4.78 is 0. The van der Waals surface area contributed by atoms with Crippen molar-refractivity contribution < 1.29 is 4.84 Å². The predicted molar refractivity (Wildman–Crippen MR) is 65.8 cm³/mol. The highest BCUT2D eigenvalue weighted by Crippen LogP contribution is 2.23. The molecule has 1 aromatic rings. The topological polar surface area (TPSA) is 21.6 Å². The summed E-state index contributed by atoms with van der Waals surface area (Å²) >= 11 is 17.3. The van der Waals surface area contributed by atoms with Gasteiger partial charge in [-0.2, -0.15) is 0 Å². The van der Waals surface area contributed by atoms with Gasteiger partial charge in [-0.05, 0) is 23.8 Å². The van der Waals surface area contributed by atoms with Crippen LogP contribution in [0.2, 0.25) is 10.0 Å². The maximum absolute atomic E-state index is 5.84. The van der Waals surface area contributed by atoms with Crippen molar-refractivity contribution in [1.82, 2.24) is 0 Å². The zero-order chi connectivity index (χ0) is 11.3. The second-order valence-corrected chi connectivity index (χ2v) is 3.81. The monoisotopic (exact) mass is 263 g/mol. The first-order chi connectivity index (χ1) is 7.13. The molecule has 1 aromatic carbocycles. The van der Waals surface area contributed by atoms with Gasteiger partial charge in [0.25, 0.3) is 0 Å². The van der Waals surface area contributed by atoms with Crippen LogP contribution in [0.1, 0.15) is 5.56 Å². The van der Waals surface area contributed by atoms with Gasteiger partial charge >= 0.3 is 0 Å². The molecule has 0 bridgehead atoms. The maximum Gasteiger partial charge on any atom is 0.168 e. The minimum atomic E-state index is 0.253. The molecule has 0 amide bonds. The van der Waals surface area contributed by atoms with Gasteiger partial charge in [-0.15, -0.1) is 0 Å². The standard InChI is InChI=1S/C10H8Cl3NO/c1-15-14-10(13)5-3-7-2-4-8(11)9(12)6-7/h2-6H,1H3/b5-3+,14-10-. The molecule has 1 rings (SSSR count). The summed E-state index contributed by atoms with van der Waals surface area (Å²) in [5.74, 6) is 0. The summed E-state index contributed by atoms with van der Waals surface area (Å²) in [6, 6.07) is 5.27. The van der Waals surface area contributed by atoms with Gasteiger partial charge in [0.1, 0.15) is 7.11 Å². The minimum absolute atomic E-state index is 0.253. The lowest BCUT2D eigenvalue weighted by Gasteiger charge is -1.96. The van der Waals surface area contributed by atoms with Crippen molar-refractivity contribution in [3.05, 3.63) is 39.9 Å². The van der Waals surface area contributed by atoms with Crippen LogP contribution >= 0.6 is 34.8 Å². The quantitative estimate of drug-likeness (QED) is 0.592. The fraction of sp³-hybridized carbons (Fsp3) is 0.100. The number of hydrogen-bond acceptors (Lipinski definition) is 2. The van der Waals surface area contributed by atoms with E-state index in [9.17, 15) is 0 Å². The highest BCUT2D eigenvalue weighted by Gasteiger charge is 1.96. The smallest absolute Gasteiger partial charge is 0.168 e. The van der Waals surface area contributed by atoms with Crippen LogP contribution < -0.4 is 0 Å². The molecular formula is C10H8Cl3NO. The van der Waals surface area contributed by atoms with E-state index in [0.29, 0.717) is 10.0 Å². The van der Waals surface area contributed by atoms with Gasteiger partial charge in [-0.1, -0.05) is 52.1 Å². The van der Waals surface area contributed by atoms with E-state index in [4.69, 9.17) is 34.8 Å². The average molecular weight is 265 g/mol. The van der Waals surface area contributed by atoms with Crippen molar-refractivity contribution in [2.24, 2.45) is 5.16 Å². The van der Waals surface area contributed by atoms with E-state index in [-0.39, 0.29) is 5.17 Å². The van der Waals surface area contributed by atoms with Crippen LogP contribution in [0.5, 0.6) is 0 Å². The van der Waals surface area contributed by atoms with Gasteiger partial charge in [0, 0.05) is 0 Å². The van der Waals surface area contributed by atoms with Crippen molar-refractivity contribution in [3.63, 3.8) is 0 Å². The van der Waals surface area contributed by atoms with E-state index in [1.807, 2.05) is 6.07 Å². The number of allylic oxidation sites excluding steroid dienone is 1. The van der Waals surface area contributed by atoms with E-state index < -0.39 is 0 Å². The summed E-state index contributed by atoms with van der Waals surface area (Å²) in [7, 11) is 1.43. The van der Waals surface area contributed by atoms with Crippen LogP contribution in [0.15, 0.2) is 29.4 Å². The maximum atomic E-state index is 5.84. The number of benzene rings is 1. The Morgan fingerprint density at radius 1 is 1.33 bits per heavy atom. The van der Waals surface area contributed by atoms with Crippen LogP contribution in [0.3, 0.4) is 0 Å². The summed E-state index contributed by atoms with van der Waals surface area (Å²) in [6.45, 7) is 0.